The van der Waals surface area contributed by atoms with Crippen LogP contribution in [-0.4, -0.2) is 33.2 Å². The minimum Gasteiger partial charge on any atom is -0.512 e. The predicted molar refractivity (Wildman–Crippen MR) is 111 cm³/mol. The molecule has 0 bridgehead atoms. The van der Waals surface area contributed by atoms with Gasteiger partial charge in [-0.2, -0.15) is 0 Å². The van der Waals surface area contributed by atoms with E-state index in [0.717, 1.165) is 51.4 Å². The molecule has 0 aromatic rings. The second kappa shape index (κ2) is 13.8. The third kappa shape index (κ3) is 9.22. The molecule has 28 heavy (non-hydrogen) atoms. The molecule has 1 unspecified atom stereocenters. The third-order valence-electron chi connectivity index (χ3n) is 6.18. The van der Waals surface area contributed by atoms with Gasteiger partial charge in [0.2, 0.25) is 0 Å². The van der Waals surface area contributed by atoms with Gasteiger partial charge in [-0.25, -0.2) is 4.79 Å². The first-order chi connectivity index (χ1) is 13.4. The number of hydrogen-bond acceptors (Lipinski definition) is 4. The predicted octanol–water partition coefficient (Wildman–Crippen LogP) is 5.56. The summed E-state index contributed by atoms with van der Waals surface area (Å²) in [6.45, 7) is 3.60. The number of Topliss-reactive ketones (excluding diaryl/α,β-unsaturated/α-hetero) is 1. The van der Waals surface area contributed by atoms with Crippen LogP contribution in [0.5, 0.6) is 0 Å². The number of carbonyl (C=O) groups is 2. The van der Waals surface area contributed by atoms with Crippen LogP contribution in [0.25, 0.3) is 0 Å². The van der Waals surface area contributed by atoms with Crippen LogP contribution < -0.4 is 0 Å². The Bertz CT molecular complexity index is 511. The van der Waals surface area contributed by atoms with Crippen molar-refractivity contribution in [1.29, 1.82) is 0 Å². The molecule has 3 N–H and O–H groups in total. The van der Waals surface area contributed by atoms with Gasteiger partial charge < -0.3 is 15.3 Å². The van der Waals surface area contributed by atoms with Crippen LogP contribution in [0.15, 0.2) is 11.3 Å². The number of rotatable bonds is 15. The van der Waals surface area contributed by atoms with Gasteiger partial charge in [-0.05, 0) is 51.4 Å². The minimum absolute atomic E-state index is 0.00284. The molecule has 0 radical (unpaired) electrons. The van der Waals surface area contributed by atoms with Gasteiger partial charge in [0, 0.05) is 18.8 Å². The van der Waals surface area contributed by atoms with Crippen molar-refractivity contribution in [3.05, 3.63) is 11.3 Å². The van der Waals surface area contributed by atoms with Crippen LogP contribution in [0.2, 0.25) is 0 Å². The molecular weight excluding hydrogens is 356 g/mol. The molecule has 0 amide bonds. The zero-order chi connectivity index (χ0) is 20.9. The van der Waals surface area contributed by atoms with Gasteiger partial charge in [-0.15, -0.1) is 0 Å². The SMILES string of the molecule is CCCCCCC(O)CCC[C@H]1CCC(=O)[C@@H]1CCCCC(O)=C(C)C(=O)O. The number of aliphatic hydroxyl groups is 2. The Balaban J connectivity index is 2.27. The molecular formula is C23H40O5. The van der Waals surface area contributed by atoms with E-state index in [1.165, 1.54) is 26.2 Å². The molecule has 5 nitrogen and oxygen atoms in total. The Morgan fingerprint density at radius 3 is 2.43 bits per heavy atom. The van der Waals surface area contributed by atoms with Crippen molar-refractivity contribution < 1.29 is 24.9 Å². The standard InChI is InChI=1S/C23H40O5/c1-3-4-5-6-11-19(24)12-9-10-18-15-16-22(26)20(18)13-7-8-14-21(25)17(2)23(27)28/h18-20,24-25H,3-16H2,1-2H3,(H,27,28)/t18-,19?,20+/m0/s1. The fraction of sp³-hybridized carbons (Fsp3) is 0.826. The van der Waals surface area contributed by atoms with Crippen molar-refractivity contribution in [2.75, 3.05) is 0 Å². The molecule has 1 saturated carbocycles. The normalized spacial score (nSPS) is 21.6. The zero-order valence-corrected chi connectivity index (χ0v) is 17.8. The van der Waals surface area contributed by atoms with E-state index in [2.05, 4.69) is 6.92 Å². The van der Waals surface area contributed by atoms with E-state index >= 15 is 0 Å². The molecule has 1 aliphatic rings. The maximum atomic E-state index is 12.2. The van der Waals surface area contributed by atoms with Crippen molar-refractivity contribution in [3.63, 3.8) is 0 Å². The van der Waals surface area contributed by atoms with Gasteiger partial charge in [-0.3, -0.25) is 4.79 Å². The van der Waals surface area contributed by atoms with Gasteiger partial charge >= 0.3 is 5.97 Å². The average molecular weight is 397 g/mol. The van der Waals surface area contributed by atoms with Crippen LogP contribution in [-0.2, 0) is 9.59 Å². The van der Waals surface area contributed by atoms with Crippen molar-refractivity contribution in [2.45, 2.75) is 110 Å². The molecule has 162 valence electrons. The Morgan fingerprint density at radius 2 is 1.75 bits per heavy atom. The summed E-state index contributed by atoms with van der Waals surface area (Å²) >= 11 is 0. The number of hydrogen-bond donors (Lipinski definition) is 3. The summed E-state index contributed by atoms with van der Waals surface area (Å²) in [6, 6.07) is 0. The molecule has 1 fully saturated rings. The monoisotopic (exact) mass is 396 g/mol. The quantitative estimate of drug-likeness (QED) is 0.191. The summed E-state index contributed by atoms with van der Waals surface area (Å²) in [6.07, 6.45) is 12.6. The van der Waals surface area contributed by atoms with E-state index < -0.39 is 5.97 Å². The Kier molecular flexibility index (Phi) is 12.1. The van der Waals surface area contributed by atoms with Crippen LogP contribution in [0.1, 0.15) is 104 Å². The Morgan fingerprint density at radius 1 is 1.04 bits per heavy atom. The van der Waals surface area contributed by atoms with Crippen molar-refractivity contribution in [1.82, 2.24) is 0 Å². The minimum atomic E-state index is -1.09. The van der Waals surface area contributed by atoms with Gasteiger partial charge in [0.15, 0.2) is 0 Å². The molecule has 3 atom stereocenters. The molecule has 0 aromatic heterocycles. The fourth-order valence-electron chi connectivity index (χ4n) is 4.25. The van der Waals surface area contributed by atoms with Gasteiger partial charge in [0.1, 0.15) is 11.5 Å². The van der Waals surface area contributed by atoms with Crippen molar-refractivity contribution in [3.8, 4) is 0 Å². The smallest absolute Gasteiger partial charge is 0.334 e. The van der Waals surface area contributed by atoms with Crippen LogP contribution in [0, 0.1) is 11.8 Å². The maximum Gasteiger partial charge on any atom is 0.334 e. The Hall–Kier alpha value is -1.36. The molecule has 0 heterocycles. The van der Waals surface area contributed by atoms with Crippen LogP contribution >= 0.6 is 0 Å². The maximum absolute atomic E-state index is 12.2. The van der Waals surface area contributed by atoms with E-state index in [9.17, 15) is 19.8 Å². The molecule has 1 aliphatic carbocycles. The number of unbranched alkanes of at least 4 members (excludes halogenated alkanes) is 4. The lowest BCUT2D eigenvalue weighted by molar-refractivity contribution is -0.132. The van der Waals surface area contributed by atoms with E-state index in [0.29, 0.717) is 31.0 Å². The topological polar surface area (TPSA) is 94.8 Å². The molecule has 0 saturated heterocycles. The van der Waals surface area contributed by atoms with E-state index in [-0.39, 0.29) is 23.4 Å². The number of allylic oxidation sites excluding steroid dienone is 1. The zero-order valence-electron chi connectivity index (χ0n) is 17.8. The third-order valence-corrected chi connectivity index (χ3v) is 6.18. The lowest BCUT2D eigenvalue weighted by Crippen LogP contribution is -2.16. The molecule has 0 spiro atoms. The highest BCUT2D eigenvalue weighted by molar-refractivity contribution is 5.86. The first-order valence-electron chi connectivity index (χ1n) is 11.2. The molecule has 0 aliphatic heterocycles. The van der Waals surface area contributed by atoms with Crippen LogP contribution in [0.4, 0.5) is 0 Å². The van der Waals surface area contributed by atoms with Gasteiger partial charge in [0.25, 0.3) is 0 Å². The number of ketones is 1. The second-order valence-electron chi connectivity index (χ2n) is 8.43. The number of carboxylic acids is 1. The van der Waals surface area contributed by atoms with Crippen molar-refractivity contribution >= 4 is 11.8 Å². The largest absolute Gasteiger partial charge is 0.512 e. The summed E-state index contributed by atoms with van der Waals surface area (Å²) in [7, 11) is 0. The highest BCUT2D eigenvalue weighted by Crippen LogP contribution is 2.36. The summed E-state index contributed by atoms with van der Waals surface area (Å²) < 4.78 is 0. The van der Waals surface area contributed by atoms with Gasteiger partial charge in [-0.1, -0.05) is 45.4 Å². The average Bonchev–Trinajstić information content (AvgIpc) is 3.01. The first-order valence-corrected chi connectivity index (χ1v) is 11.2. The van der Waals surface area contributed by atoms with E-state index in [4.69, 9.17) is 5.11 Å². The summed E-state index contributed by atoms with van der Waals surface area (Å²) in [5.74, 6) is -0.268. The highest BCUT2D eigenvalue weighted by atomic mass is 16.4. The summed E-state index contributed by atoms with van der Waals surface area (Å²) in [5, 5.41) is 28.7. The lowest BCUT2D eigenvalue weighted by Gasteiger charge is -2.19. The Labute approximate surface area is 170 Å². The number of aliphatic carboxylic acids is 1. The summed E-state index contributed by atoms with van der Waals surface area (Å²) in [5.41, 5.74) is 0.00284. The number of carbonyl (C=O) groups excluding carboxylic acids is 1. The fourth-order valence-corrected chi connectivity index (χ4v) is 4.25. The van der Waals surface area contributed by atoms with E-state index in [1.807, 2.05) is 0 Å². The summed E-state index contributed by atoms with van der Waals surface area (Å²) in [4.78, 5) is 23.0. The molecule has 1 rings (SSSR count). The highest BCUT2D eigenvalue weighted by Gasteiger charge is 2.33. The lowest BCUT2D eigenvalue weighted by atomic mass is 9.86. The molecule has 0 aromatic carbocycles. The van der Waals surface area contributed by atoms with E-state index in [1.54, 1.807) is 0 Å². The number of carboxylic acid groups (broad SMARTS) is 1. The number of aliphatic hydroxyl groups excluding tert-OH is 2. The second-order valence-corrected chi connectivity index (χ2v) is 8.43. The van der Waals surface area contributed by atoms with Crippen molar-refractivity contribution in [2.24, 2.45) is 11.8 Å². The molecule has 5 heteroatoms. The first kappa shape index (κ1) is 24.7. The van der Waals surface area contributed by atoms with Crippen LogP contribution in [0.3, 0.4) is 0 Å². The van der Waals surface area contributed by atoms with Gasteiger partial charge in [0.05, 0.1) is 11.7 Å².